The highest BCUT2D eigenvalue weighted by molar-refractivity contribution is 5.83. The molecule has 1 aliphatic rings. The number of carbonyl (C=O) groups excluding carboxylic acids is 2. The Hall–Kier alpha value is -3.09. The molecule has 1 N–H and O–H groups in total. The standard InChI is InChI=1S/C21H26N4O3/c1-28-18-6-4-5-17(15-18)16-23-20(26)8-9-21(27)25-13-11-24(12-14-25)19-7-2-3-10-22-19/h2-7,10,15H,8-9,11-14,16H2,1H3,(H,23,26). The molecule has 0 radical (unpaired) electrons. The van der Waals surface area contributed by atoms with Crippen LogP contribution in [0.3, 0.4) is 0 Å². The lowest BCUT2D eigenvalue weighted by molar-refractivity contribution is -0.133. The maximum atomic E-state index is 12.4. The summed E-state index contributed by atoms with van der Waals surface area (Å²) in [6.07, 6.45) is 2.20. The fourth-order valence-corrected chi connectivity index (χ4v) is 3.18. The zero-order valence-corrected chi connectivity index (χ0v) is 16.1. The van der Waals surface area contributed by atoms with E-state index in [1.165, 1.54) is 0 Å². The number of hydrogen-bond acceptors (Lipinski definition) is 5. The molecule has 2 heterocycles. The third-order valence-electron chi connectivity index (χ3n) is 4.80. The van der Waals surface area contributed by atoms with Crippen molar-refractivity contribution in [2.75, 3.05) is 38.2 Å². The first-order chi connectivity index (χ1) is 13.7. The van der Waals surface area contributed by atoms with E-state index in [4.69, 9.17) is 4.74 Å². The van der Waals surface area contributed by atoms with Crippen LogP contribution in [0.2, 0.25) is 0 Å². The van der Waals surface area contributed by atoms with Crippen LogP contribution in [0.25, 0.3) is 0 Å². The quantitative estimate of drug-likeness (QED) is 0.791. The number of nitrogens with zero attached hydrogens (tertiary/aromatic N) is 3. The van der Waals surface area contributed by atoms with Crippen LogP contribution < -0.4 is 15.0 Å². The van der Waals surface area contributed by atoms with Gasteiger partial charge in [-0.2, -0.15) is 0 Å². The van der Waals surface area contributed by atoms with Crippen LogP contribution in [0.1, 0.15) is 18.4 Å². The molecule has 0 unspecified atom stereocenters. The van der Waals surface area contributed by atoms with Gasteiger partial charge in [-0.15, -0.1) is 0 Å². The van der Waals surface area contributed by atoms with Crippen LogP contribution in [-0.4, -0.2) is 55.0 Å². The summed E-state index contributed by atoms with van der Waals surface area (Å²) in [6.45, 7) is 3.24. The minimum atomic E-state index is -0.122. The van der Waals surface area contributed by atoms with Gasteiger partial charge in [0.25, 0.3) is 0 Å². The predicted molar refractivity (Wildman–Crippen MR) is 107 cm³/mol. The molecule has 0 spiro atoms. The molecular formula is C21H26N4O3. The highest BCUT2D eigenvalue weighted by atomic mass is 16.5. The maximum Gasteiger partial charge on any atom is 0.223 e. The molecule has 148 valence electrons. The van der Waals surface area contributed by atoms with Crippen LogP contribution in [0.5, 0.6) is 5.75 Å². The molecule has 1 fully saturated rings. The number of piperazine rings is 1. The first-order valence-corrected chi connectivity index (χ1v) is 9.49. The Morgan fingerprint density at radius 2 is 1.89 bits per heavy atom. The molecule has 7 heteroatoms. The molecule has 1 aliphatic heterocycles. The van der Waals surface area contributed by atoms with Crippen LogP contribution in [0.15, 0.2) is 48.7 Å². The minimum absolute atomic E-state index is 0.0252. The van der Waals surface area contributed by atoms with E-state index in [9.17, 15) is 9.59 Å². The SMILES string of the molecule is COc1cccc(CNC(=O)CCC(=O)N2CCN(c3ccccn3)CC2)c1. The van der Waals surface area contributed by atoms with Gasteiger partial charge in [0.05, 0.1) is 7.11 Å². The van der Waals surface area contributed by atoms with Crippen LogP contribution in [0, 0.1) is 0 Å². The Morgan fingerprint density at radius 3 is 2.61 bits per heavy atom. The number of methoxy groups -OCH3 is 1. The van der Waals surface area contributed by atoms with E-state index in [2.05, 4.69) is 15.2 Å². The zero-order chi connectivity index (χ0) is 19.8. The second-order valence-electron chi connectivity index (χ2n) is 6.68. The van der Waals surface area contributed by atoms with E-state index in [1.54, 1.807) is 13.3 Å². The number of carbonyl (C=O) groups is 2. The van der Waals surface area contributed by atoms with Gasteiger partial charge in [0.1, 0.15) is 11.6 Å². The van der Waals surface area contributed by atoms with Gasteiger partial charge in [-0.1, -0.05) is 18.2 Å². The topological polar surface area (TPSA) is 74.8 Å². The molecule has 1 aromatic heterocycles. The number of amides is 2. The van der Waals surface area contributed by atoms with Gasteiger partial charge in [-0.3, -0.25) is 9.59 Å². The monoisotopic (exact) mass is 382 g/mol. The summed E-state index contributed by atoms with van der Waals surface area (Å²) in [4.78, 5) is 32.8. The Balaban J connectivity index is 1.37. The zero-order valence-electron chi connectivity index (χ0n) is 16.1. The van der Waals surface area contributed by atoms with E-state index in [0.717, 1.165) is 30.2 Å². The Kier molecular flexibility index (Phi) is 6.84. The van der Waals surface area contributed by atoms with Crippen LogP contribution >= 0.6 is 0 Å². The van der Waals surface area contributed by atoms with E-state index < -0.39 is 0 Å². The second kappa shape index (κ2) is 9.73. The van der Waals surface area contributed by atoms with Gasteiger partial charge in [0, 0.05) is 51.8 Å². The molecule has 0 bridgehead atoms. The maximum absolute atomic E-state index is 12.4. The van der Waals surface area contributed by atoms with Crippen LogP contribution in [0.4, 0.5) is 5.82 Å². The average molecular weight is 382 g/mol. The normalized spacial score (nSPS) is 13.9. The fraction of sp³-hybridized carbons (Fsp3) is 0.381. The van der Waals surface area contributed by atoms with Crippen molar-refractivity contribution in [2.45, 2.75) is 19.4 Å². The molecule has 0 aliphatic carbocycles. The van der Waals surface area contributed by atoms with E-state index >= 15 is 0 Å². The van der Waals surface area contributed by atoms with Crippen molar-refractivity contribution < 1.29 is 14.3 Å². The van der Waals surface area contributed by atoms with Crippen molar-refractivity contribution in [1.82, 2.24) is 15.2 Å². The summed E-state index contributed by atoms with van der Waals surface area (Å²) < 4.78 is 5.17. The van der Waals surface area contributed by atoms with Gasteiger partial charge in [-0.25, -0.2) is 4.98 Å². The molecular weight excluding hydrogens is 356 g/mol. The fourth-order valence-electron chi connectivity index (χ4n) is 3.18. The number of anilines is 1. The number of benzene rings is 1. The van der Waals surface area contributed by atoms with Gasteiger partial charge >= 0.3 is 0 Å². The second-order valence-corrected chi connectivity index (χ2v) is 6.68. The summed E-state index contributed by atoms with van der Waals surface area (Å²) in [6, 6.07) is 13.4. The van der Waals surface area contributed by atoms with Crippen molar-refractivity contribution in [3.05, 3.63) is 54.2 Å². The highest BCUT2D eigenvalue weighted by Gasteiger charge is 2.22. The molecule has 1 aromatic carbocycles. The minimum Gasteiger partial charge on any atom is -0.497 e. The molecule has 0 atom stereocenters. The molecule has 2 aromatic rings. The van der Waals surface area contributed by atoms with Crippen molar-refractivity contribution >= 4 is 17.6 Å². The van der Waals surface area contributed by atoms with Gasteiger partial charge in [-0.05, 0) is 29.8 Å². The number of nitrogens with one attached hydrogen (secondary N) is 1. The molecule has 0 saturated carbocycles. The van der Waals surface area contributed by atoms with E-state index in [1.807, 2.05) is 47.4 Å². The average Bonchev–Trinajstić information content (AvgIpc) is 2.77. The van der Waals surface area contributed by atoms with Crippen molar-refractivity contribution in [2.24, 2.45) is 0 Å². The van der Waals surface area contributed by atoms with Gasteiger partial charge < -0.3 is 19.9 Å². The van der Waals surface area contributed by atoms with Crippen LogP contribution in [-0.2, 0) is 16.1 Å². The lowest BCUT2D eigenvalue weighted by atomic mass is 10.2. The number of aromatic nitrogens is 1. The molecule has 1 saturated heterocycles. The molecule has 2 amide bonds. The van der Waals surface area contributed by atoms with Crippen molar-refractivity contribution in [3.8, 4) is 5.75 Å². The van der Waals surface area contributed by atoms with Crippen molar-refractivity contribution in [1.29, 1.82) is 0 Å². The highest BCUT2D eigenvalue weighted by Crippen LogP contribution is 2.14. The Bertz CT molecular complexity index is 789. The summed E-state index contributed by atoms with van der Waals surface area (Å²) in [5, 5.41) is 2.86. The molecule has 3 rings (SSSR count). The first kappa shape index (κ1) is 19.7. The Labute approximate surface area is 165 Å². The number of ether oxygens (including phenoxy) is 1. The summed E-state index contributed by atoms with van der Waals surface area (Å²) in [5.74, 6) is 1.60. The largest absolute Gasteiger partial charge is 0.497 e. The lowest BCUT2D eigenvalue weighted by Gasteiger charge is -2.35. The van der Waals surface area contributed by atoms with Gasteiger partial charge in [0.15, 0.2) is 0 Å². The summed E-state index contributed by atoms with van der Waals surface area (Å²) in [7, 11) is 1.61. The van der Waals surface area contributed by atoms with Crippen molar-refractivity contribution in [3.63, 3.8) is 0 Å². The number of pyridine rings is 1. The molecule has 28 heavy (non-hydrogen) atoms. The van der Waals surface area contributed by atoms with E-state index in [-0.39, 0.29) is 24.7 Å². The third kappa shape index (κ3) is 5.45. The summed E-state index contributed by atoms with van der Waals surface area (Å²) in [5.41, 5.74) is 0.963. The number of hydrogen-bond donors (Lipinski definition) is 1. The first-order valence-electron chi connectivity index (χ1n) is 9.49. The third-order valence-corrected chi connectivity index (χ3v) is 4.80. The van der Waals surface area contributed by atoms with E-state index in [0.29, 0.717) is 19.6 Å². The lowest BCUT2D eigenvalue weighted by Crippen LogP contribution is -2.49. The number of rotatable bonds is 7. The smallest absolute Gasteiger partial charge is 0.223 e. The van der Waals surface area contributed by atoms with Gasteiger partial charge in [0.2, 0.25) is 11.8 Å². The predicted octanol–water partition coefficient (Wildman–Crippen LogP) is 1.84. The molecule has 7 nitrogen and oxygen atoms in total. The Morgan fingerprint density at radius 1 is 1.07 bits per heavy atom. The summed E-state index contributed by atoms with van der Waals surface area (Å²) >= 11 is 0.